The van der Waals surface area contributed by atoms with Crippen LogP contribution in [0.2, 0.25) is 0 Å². The van der Waals surface area contributed by atoms with Gasteiger partial charge in [-0.1, -0.05) is 30.3 Å². The molecule has 1 heterocycles. The van der Waals surface area contributed by atoms with E-state index in [4.69, 9.17) is 9.47 Å². The molecule has 3 aromatic rings. The van der Waals surface area contributed by atoms with Gasteiger partial charge in [-0.2, -0.15) is 0 Å². The molecule has 0 spiro atoms. The van der Waals surface area contributed by atoms with Crippen molar-refractivity contribution in [2.75, 3.05) is 24.4 Å². The Hall–Kier alpha value is -4.13. The summed E-state index contributed by atoms with van der Waals surface area (Å²) in [6, 6.07) is 20.9. The highest BCUT2D eigenvalue weighted by Gasteiger charge is 2.42. The second-order valence-corrected chi connectivity index (χ2v) is 8.38. The number of ketones is 1. The molecule has 3 aromatic carbocycles. The first-order chi connectivity index (χ1) is 16.9. The topological polar surface area (TPSA) is 84.9 Å². The highest BCUT2D eigenvalue weighted by atomic mass is 16.5. The lowest BCUT2D eigenvalue weighted by molar-refractivity contribution is -0.126. The Morgan fingerprint density at radius 3 is 2.29 bits per heavy atom. The minimum Gasteiger partial charge on any atom is -0.497 e. The van der Waals surface area contributed by atoms with Gasteiger partial charge in [0.2, 0.25) is 11.8 Å². The number of methoxy groups -OCH3 is 2. The second kappa shape index (κ2) is 10.4. The van der Waals surface area contributed by atoms with Crippen LogP contribution in [0.5, 0.6) is 11.5 Å². The van der Waals surface area contributed by atoms with Crippen molar-refractivity contribution in [2.24, 2.45) is 5.92 Å². The standard InChI is InChI=1S/C28H28N2O5/c1-18(31)21-8-4-6-10-24(21)29-28(33)23-16-17-26(32)30(19-12-14-20(34-2)15-13-19)27(23)22-9-5-7-11-25(22)35-3/h4-15,23,27H,16-17H2,1-3H3,(H,29,33). The Kier molecular flexibility index (Phi) is 7.15. The molecule has 1 saturated heterocycles. The first kappa shape index (κ1) is 24.0. The van der Waals surface area contributed by atoms with Crippen molar-refractivity contribution in [3.63, 3.8) is 0 Å². The third-order valence-electron chi connectivity index (χ3n) is 6.31. The highest BCUT2D eigenvalue weighted by Crippen LogP contribution is 2.43. The van der Waals surface area contributed by atoms with Gasteiger partial charge in [0, 0.05) is 23.2 Å². The normalized spacial score (nSPS) is 17.6. The van der Waals surface area contributed by atoms with Crippen LogP contribution in [0, 0.1) is 5.92 Å². The zero-order valence-electron chi connectivity index (χ0n) is 20.0. The van der Waals surface area contributed by atoms with Gasteiger partial charge in [-0.15, -0.1) is 0 Å². The van der Waals surface area contributed by atoms with Crippen molar-refractivity contribution in [1.29, 1.82) is 0 Å². The molecule has 0 saturated carbocycles. The number of carbonyl (C=O) groups excluding carboxylic acids is 3. The Morgan fingerprint density at radius 2 is 1.60 bits per heavy atom. The smallest absolute Gasteiger partial charge is 0.229 e. The number of ether oxygens (including phenoxy) is 2. The molecular weight excluding hydrogens is 444 g/mol. The summed E-state index contributed by atoms with van der Waals surface area (Å²) >= 11 is 0. The SMILES string of the molecule is COc1ccc(N2C(=O)CCC(C(=O)Nc3ccccc3C(C)=O)C2c2ccccc2OC)cc1. The van der Waals surface area contributed by atoms with Crippen molar-refractivity contribution in [3.8, 4) is 11.5 Å². The highest BCUT2D eigenvalue weighted by molar-refractivity contribution is 6.05. The van der Waals surface area contributed by atoms with Crippen LogP contribution in [0.25, 0.3) is 0 Å². The molecule has 1 aliphatic rings. The van der Waals surface area contributed by atoms with Crippen LogP contribution in [0.1, 0.15) is 41.7 Å². The lowest BCUT2D eigenvalue weighted by Gasteiger charge is -2.41. The van der Waals surface area contributed by atoms with Crippen molar-refractivity contribution in [2.45, 2.75) is 25.8 Å². The summed E-state index contributed by atoms with van der Waals surface area (Å²) in [6.45, 7) is 1.47. The summed E-state index contributed by atoms with van der Waals surface area (Å²) in [6.07, 6.45) is 0.576. The molecule has 4 rings (SSSR count). The van der Waals surface area contributed by atoms with Gasteiger partial charge in [0.15, 0.2) is 5.78 Å². The van der Waals surface area contributed by atoms with Gasteiger partial charge < -0.3 is 19.7 Å². The predicted octanol–water partition coefficient (Wildman–Crippen LogP) is 5.03. The monoisotopic (exact) mass is 472 g/mol. The number of Topliss-reactive ketones (excluding diaryl/α,β-unsaturated/α-hetero) is 1. The molecule has 1 aliphatic heterocycles. The van der Waals surface area contributed by atoms with Gasteiger partial charge in [0.1, 0.15) is 11.5 Å². The molecule has 1 fully saturated rings. The van der Waals surface area contributed by atoms with Crippen LogP contribution in [0.3, 0.4) is 0 Å². The quantitative estimate of drug-likeness (QED) is 0.488. The van der Waals surface area contributed by atoms with E-state index in [1.54, 1.807) is 55.5 Å². The molecule has 2 atom stereocenters. The number of anilines is 2. The van der Waals surface area contributed by atoms with Gasteiger partial charge in [-0.3, -0.25) is 14.4 Å². The molecule has 1 N–H and O–H groups in total. The summed E-state index contributed by atoms with van der Waals surface area (Å²) in [5.74, 6) is 0.196. The number of nitrogens with one attached hydrogen (secondary N) is 1. The molecule has 7 heteroatoms. The maximum atomic E-state index is 13.7. The van der Waals surface area contributed by atoms with E-state index < -0.39 is 12.0 Å². The number of rotatable bonds is 7. The zero-order chi connectivity index (χ0) is 24.9. The Morgan fingerprint density at radius 1 is 0.914 bits per heavy atom. The number of carbonyl (C=O) groups is 3. The average Bonchev–Trinajstić information content (AvgIpc) is 2.88. The van der Waals surface area contributed by atoms with E-state index in [-0.39, 0.29) is 24.0 Å². The third-order valence-corrected chi connectivity index (χ3v) is 6.31. The van der Waals surface area contributed by atoms with Crippen molar-refractivity contribution < 1.29 is 23.9 Å². The fraction of sp³-hybridized carbons (Fsp3) is 0.250. The van der Waals surface area contributed by atoms with E-state index in [9.17, 15) is 14.4 Å². The summed E-state index contributed by atoms with van der Waals surface area (Å²) < 4.78 is 10.9. The molecule has 0 radical (unpaired) electrons. The largest absolute Gasteiger partial charge is 0.497 e. The van der Waals surface area contributed by atoms with Crippen molar-refractivity contribution in [3.05, 3.63) is 83.9 Å². The van der Waals surface area contributed by atoms with E-state index in [1.807, 2.05) is 36.4 Å². The summed E-state index contributed by atoms with van der Waals surface area (Å²) in [5.41, 5.74) is 2.29. The summed E-state index contributed by atoms with van der Waals surface area (Å²) in [4.78, 5) is 40.7. The molecule has 0 bridgehead atoms. The van der Waals surface area contributed by atoms with Gasteiger partial charge in [-0.05, 0) is 55.8 Å². The zero-order valence-corrected chi connectivity index (χ0v) is 20.0. The van der Waals surface area contributed by atoms with Crippen LogP contribution < -0.4 is 19.7 Å². The molecule has 35 heavy (non-hydrogen) atoms. The third kappa shape index (κ3) is 4.89. The van der Waals surface area contributed by atoms with Crippen LogP contribution in [0.15, 0.2) is 72.8 Å². The first-order valence-electron chi connectivity index (χ1n) is 11.4. The fourth-order valence-corrected chi connectivity index (χ4v) is 4.61. The van der Waals surface area contributed by atoms with Crippen LogP contribution in [-0.4, -0.2) is 31.8 Å². The molecule has 2 unspecified atom stereocenters. The maximum Gasteiger partial charge on any atom is 0.229 e. The summed E-state index contributed by atoms with van der Waals surface area (Å²) in [7, 11) is 3.15. The second-order valence-electron chi connectivity index (χ2n) is 8.38. The van der Waals surface area contributed by atoms with E-state index in [0.717, 1.165) is 5.56 Å². The molecule has 2 amide bonds. The number of piperidine rings is 1. The van der Waals surface area contributed by atoms with Gasteiger partial charge in [0.25, 0.3) is 0 Å². The van der Waals surface area contributed by atoms with Gasteiger partial charge in [-0.25, -0.2) is 0 Å². The minimum atomic E-state index is -0.606. The Bertz CT molecular complexity index is 1240. The molecule has 180 valence electrons. The van der Waals surface area contributed by atoms with Crippen LogP contribution in [0.4, 0.5) is 11.4 Å². The van der Waals surface area contributed by atoms with Gasteiger partial charge >= 0.3 is 0 Å². The minimum absolute atomic E-state index is 0.0840. The molecular formula is C28H28N2O5. The number of benzene rings is 3. The number of amides is 2. The molecule has 7 nitrogen and oxygen atoms in total. The number of hydrogen-bond acceptors (Lipinski definition) is 5. The number of nitrogens with zero attached hydrogens (tertiary/aromatic N) is 1. The first-order valence-corrected chi connectivity index (χ1v) is 11.4. The van der Waals surface area contributed by atoms with Crippen LogP contribution in [-0.2, 0) is 9.59 Å². The fourth-order valence-electron chi connectivity index (χ4n) is 4.61. The van der Waals surface area contributed by atoms with E-state index in [1.165, 1.54) is 6.92 Å². The molecule has 0 aromatic heterocycles. The van der Waals surface area contributed by atoms with Crippen LogP contribution >= 0.6 is 0 Å². The van der Waals surface area contributed by atoms with Gasteiger partial charge in [0.05, 0.1) is 31.9 Å². The van der Waals surface area contributed by atoms with Crippen molar-refractivity contribution >= 4 is 29.0 Å². The Balaban J connectivity index is 1.78. The average molecular weight is 473 g/mol. The van der Waals surface area contributed by atoms with Crippen molar-refractivity contribution in [1.82, 2.24) is 0 Å². The summed E-state index contributed by atoms with van der Waals surface area (Å²) in [5, 5.41) is 2.95. The maximum absolute atomic E-state index is 13.7. The number of para-hydroxylation sites is 2. The lowest BCUT2D eigenvalue weighted by Crippen LogP contribution is -2.47. The van der Waals surface area contributed by atoms with E-state index >= 15 is 0 Å². The van der Waals surface area contributed by atoms with E-state index in [0.29, 0.717) is 34.9 Å². The van der Waals surface area contributed by atoms with E-state index in [2.05, 4.69) is 5.32 Å². The Labute approximate surface area is 204 Å². The lowest BCUT2D eigenvalue weighted by atomic mass is 9.82. The number of hydrogen-bond donors (Lipinski definition) is 1. The predicted molar refractivity (Wildman–Crippen MR) is 134 cm³/mol. The molecule has 0 aliphatic carbocycles.